The molecule has 0 aliphatic carbocycles. The summed E-state index contributed by atoms with van der Waals surface area (Å²) < 4.78 is 0. The normalized spacial score (nSPS) is 22.3. The molecule has 1 saturated heterocycles. The third kappa shape index (κ3) is 3.75. The number of aliphatic hydroxyl groups is 1. The summed E-state index contributed by atoms with van der Waals surface area (Å²) in [6.45, 7) is 5.30. The maximum Gasteiger partial charge on any atom is 0.0500 e. The Hall–Kier alpha value is -1.23. The van der Waals surface area contributed by atoms with Gasteiger partial charge in [0, 0.05) is 41.9 Å². The van der Waals surface area contributed by atoms with Gasteiger partial charge in [0.25, 0.3) is 0 Å². The lowest BCUT2D eigenvalue weighted by Gasteiger charge is -2.27. The van der Waals surface area contributed by atoms with E-state index in [1.54, 1.807) is 0 Å². The molecule has 118 valence electrons. The summed E-state index contributed by atoms with van der Waals surface area (Å²) in [5, 5.41) is 12.1. The molecular formula is C18H24N2OS. The Morgan fingerprint density at radius 2 is 2.27 bits per heavy atom. The maximum atomic E-state index is 9.93. The third-order valence-corrected chi connectivity index (χ3v) is 5.65. The Labute approximate surface area is 136 Å². The fraction of sp³-hybridized carbons (Fsp3) is 0.500. The average molecular weight is 316 g/mol. The summed E-state index contributed by atoms with van der Waals surface area (Å²) >= 11 is 1.82. The predicted molar refractivity (Wildman–Crippen MR) is 91.0 cm³/mol. The van der Waals surface area contributed by atoms with Crippen molar-refractivity contribution in [2.75, 3.05) is 19.7 Å². The number of aliphatic hydroxyl groups excluding tert-OH is 1. The molecular weight excluding hydrogens is 292 g/mol. The first-order valence-electron chi connectivity index (χ1n) is 7.96. The maximum absolute atomic E-state index is 9.93. The van der Waals surface area contributed by atoms with Crippen LogP contribution in [0.4, 0.5) is 0 Å². The topological polar surface area (TPSA) is 36.4 Å². The minimum atomic E-state index is 0.0715. The number of nitrogens with zero attached hydrogens (tertiary/aromatic N) is 2. The molecule has 1 fully saturated rings. The van der Waals surface area contributed by atoms with E-state index in [9.17, 15) is 5.11 Å². The molecule has 0 bridgehead atoms. The summed E-state index contributed by atoms with van der Waals surface area (Å²) in [6, 6.07) is 8.53. The molecule has 0 radical (unpaired) electrons. The van der Waals surface area contributed by atoms with E-state index in [1.165, 1.54) is 10.4 Å². The van der Waals surface area contributed by atoms with Gasteiger partial charge in [-0.25, -0.2) is 0 Å². The lowest BCUT2D eigenvalue weighted by atomic mass is 9.83. The van der Waals surface area contributed by atoms with Crippen molar-refractivity contribution in [3.05, 3.63) is 52.0 Å². The lowest BCUT2D eigenvalue weighted by Crippen LogP contribution is -2.30. The second-order valence-electron chi connectivity index (χ2n) is 6.51. The summed E-state index contributed by atoms with van der Waals surface area (Å²) in [6.07, 6.45) is 5.22. The van der Waals surface area contributed by atoms with Crippen molar-refractivity contribution in [1.82, 2.24) is 9.88 Å². The van der Waals surface area contributed by atoms with Gasteiger partial charge in [0.2, 0.25) is 0 Å². The zero-order valence-corrected chi connectivity index (χ0v) is 14.0. The number of thiophene rings is 1. The van der Waals surface area contributed by atoms with Crippen LogP contribution in [0.1, 0.15) is 29.0 Å². The van der Waals surface area contributed by atoms with Gasteiger partial charge in [-0.1, -0.05) is 12.1 Å². The van der Waals surface area contributed by atoms with Crippen molar-refractivity contribution in [1.29, 1.82) is 0 Å². The molecule has 3 rings (SSSR count). The molecule has 1 N–H and O–H groups in total. The van der Waals surface area contributed by atoms with E-state index in [4.69, 9.17) is 0 Å². The standard InChI is InChI=1S/C18H24N2OS/c1-15-4-5-16(11-19-15)12-20-9-8-18(13-20,14-21)7-6-17-3-2-10-22-17/h2-5,10-11,21H,6-9,12-14H2,1H3/t18-/m0/s1. The molecule has 2 aromatic heterocycles. The van der Waals surface area contributed by atoms with Gasteiger partial charge in [-0.2, -0.15) is 0 Å². The Balaban J connectivity index is 1.57. The molecule has 0 amide bonds. The van der Waals surface area contributed by atoms with E-state index in [2.05, 4.69) is 39.5 Å². The van der Waals surface area contributed by atoms with Gasteiger partial charge in [0.1, 0.15) is 0 Å². The second kappa shape index (κ2) is 6.90. The van der Waals surface area contributed by atoms with Gasteiger partial charge in [-0.15, -0.1) is 11.3 Å². The zero-order valence-electron chi connectivity index (χ0n) is 13.2. The number of likely N-dealkylation sites (tertiary alicyclic amines) is 1. The van der Waals surface area contributed by atoms with Crippen molar-refractivity contribution in [3.8, 4) is 0 Å². The van der Waals surface area contributed by atoms with Crippen LogP contribution in [-0.4, -0.2) is 34.7 Å². The second-order valence-corrected chi connectivity index (χ2v) is 7.54. The van der Waals surface area contributed by atoms with Gasteiger partial charge in [-0.3, -0.25) is 9.88 Å². The highest BCUT2D eigenvalue weighted by molar-refractivity contribution is 7.09. The largest absolute Gasteiger partial charge is 0.396 e. The Kier molecular flexibility index (Phi) is 4.91. The number of hydrogen-bond acceptors (Lipinski definition) is 4. The Bertz CT molecular complexity index is 582. The van der Waals surface area contributed by atoms with Gasteiger partial charge in [-0.05, 0) is 55.8 Å². The van der Waals surface area contributed by atoms with Crippen LogP contribution >= 0.6 is 11.3 Å². The first-order valence-corrected chi connectivity index (χ1v) is 8.84. The molecule has 0 aromatic carbocycles. The molecule has 4 heteroatoms. The quantitative estimate of drug-likeness (QED) is 0.888. The van der Waals surface area contributed by atoms with Crippen LogP contribution in [0.3, 0.4) is 0 Å². The van der Waals surface area contributed by atoms with Crippen LogP contribution in [-0.2, 0) is 13.0 Å². The van der Waals surface area contributed by atoms with E-state index in [1.807, 2.05) is 24.5 Å². The molecule has 0 spiro atoms. The highest BCUT2D eigenvalue weighted by atomic mass is 32.1. The molecule has 0 saturated carbocycles. The third-order valence-electron chi connectivity index (χ3n) is 4.71. The van der Waals surface area contributed by atoms with Crippen molar-refractivity contribution >= 4 is 11.3 Å². The van der Waals surface area contributed by atoms with Crippen LogP contribution in [0.15, 0.2) is 35.8 Å². The number of aryl methyl sites for hydroxylation is 2. The molecule has 3 nitrogen and oxygen atoms in total. The fourth-order valence-electron chi connectivity index (χ4n) is 3.27. The van der Waals surface area contributed by atoms with Crippen molar-refractivity contribution in [2.45, 2.75) is 32.7 Å². The Morgan fingerprint density at radius 1 is 1.36 bits per heavy atom. The Morgan fingerprint density at radius 3 is 2.95 bits per heavy atom. The van der Waals surface area contributed by atoms with Crippen LogP contribution < -0.4 is 0 Å². The summed E-state index contributed by atoms with van der Waals surface area (Å²) in [7, 11) is 0. The highest BCUT2D eigenvalue weighted by Crippen LogP contribution is 2.35. The highest BCUT2D eigenvalue weighted by Gasteiger charge is 2.37. The molecule has 3 heterocycles. The molecule has 0 unspecified atom stereocenters. The van der Waals surface area contributed by atoms with Crippen LogP contribution in [0.5, 0.6) is 0 Å². The molecule has 1 aliphatic rings. The number of pyridine rings is 1. The van der Waals surface area contributed by atoms with Gasteiger partial charge in [0.15, 0.2) is 0 Å². The van der Waals surface area contributed by atoms with E-state index in [0.29, 0.717) is 6.61 Å². The minimum Gasteiger partial charge on any atom is -0.396 e. The van der Waals surface area contributed by atoms with E-state index in [0.717, 1.165) is 44.6 Å². The van der Waals surface area contributed by atoms with Crippen LogP contribution in [0, 0.1) is 12.3 Å². The lowest BCUT2D eigenvalue weighted by molar-refractivity contribution is 0.118. The predicted octanol–water partition coefficient (Wildman–Crippen LogP) is 3.27. The van der Waals surface area contributed by atoms with Gasteiger partial charge in [0.05, 0.1) is 0 Å². The fourth-order valence-corrected chi connectivity index (χ4v) is 3.98. The minimum absolute atomic E-state index is 0.0715. The number of rotatable bonds is 6. The first-order chi connectivity index (χ1) is 10.7. The monoisotopic (exact) mass is 316 g/mol. The average Bonchev–Trinajstić information content (AvgIpc) is 3.18. The summed E-state index contributed by atoms with van der Waals surface area (Å²) in [4.78, 5) is 8.25. The SMILES string of the molecule is Cc1ccc(CN2CC[C@@](CO)(CCc3cccs3)C2)cn1. The van der Waals surface area contributed by atoms with Crippen molar-refractivity contribution in [3.63, 3.8) is 0 Å². The summed E-state index contributed by atoms with van der Waals surface area (Å²) in [5.74, 6) is 0. The van der Waals surface area contributed by atoms with Crippen molar-refractivity contribution < 1.29 is 5.11 Å². The number of aromatic nitrogens is 1. The molecule has 1 aliphatic heterocycles. The van der Waals surface area contributed by atoms with Gasteiger partial charge < -0.3 is 5.11 Å². The molecule has 22 heavy (non-hydrogen) atoms. The molecule has 2 aromatic rings. The smallest absolute Gasteiger partial charge is 0.0500 e. The van der Waals surface area contributed by atoms with E-state index >= 15 is 0 Å². The van der Waals surface area contributed by atoms with Crippen LogP contribution in [0.2, 0.25) is 0 Å². The van der Waals surface area contributed by atoms with Crippen molar-refractivity contribution in [2.24, 2.45) is 5.41 Å². The van der Waals surface area contributed by atoms with Gasteiger partial charge >= 0.3 is 0 Å². The van der Waals surface area contributed by atoms with Crippen LogP contribution in [0.25, 0.3) is 0 Å². The first kappa shape index (κ1) is 15.7. The zero-order chi connectivity index (χ0) is 15.4. The summed E-state index contributed by atoms with van der Waals surface area (Å²) in [5.41, 5.74) is 2.39. The molecule has 1 atom stereocenters. The van der Waals surface area contributed by atoms with E-state index in [-0.39, 0.29) is 5.41 Å². The number of hydrogen-bond donors (Lipinski definition) is 1. The van der Waals surface area contributed by atoms with E-state index < -0.39 is 0 Å².